The quantitative estimate of drug-likeness (QED) is 0.716. The summed E-state index contributed by atoms with van der Waals surface area (Å²) in [6.07, 6.45) is 3.18. The zero-order chi connectivity index (χ0) is 19.8. The van der Waals surface area contributed by atoms with E-state index in [1.54, 1.807) is 12.1 Å². The first kappa shape index (κ1) is 20.1. The maximum Gasteiger partial charge on any atom is 0.253 e. The van der Waals surface area contributed by atoms with Crippen LogP contribution in [-0.4, -0.2) is 31.6 Å². The van der Waals surface area contributed by atoms with Gasteiger partial charge in [-0.25, -0.2) is 0 Å². The average molecular weight is 380 g/mol. The second-order valence-corrected chi connectivity index (χ2v) is 7.17. The lowest BCUT2D eigenvalue weighted by atomic mass is 9.73. The smallest absolute Gasteiger partial charge is 0.253 e. The average Bonchev–Trinajstić information content (AvgIpc) is 2.75. The molecule has 0 saturated carbocycles. The summed E-state index contributed by atoms with van der Waals surface area (Å²) in [6, 6.07) is 17.0. The fraction of sp³-hybridized carbons (Fsp3) is 0.391. The molecular formula is C23H28N2O3. The number of unbranched alkanes of at least 4 members (excludes halogenated alkanes) is 1. The molecule has 0 atom stereocenters. The zero-order valence-corrected chi connectivity index (χ0v) is 16.4. The summed E-state index contributed by atoms with van der Waals surface area (Å²) < 4.78 is 5.52. The van der Waals surface area contributed by atoms with Crippen molar-refractivity contribution in [2.75, 3.05) is 25.1 Å². The van der Waals surface area contributed by atoms with Crippen LogP contribution in [0.2, 0.25) is 0 Å². The Balaban J connectivity index is 1.84. The van der Waals surface area contributed by atoms with E-state index in [2.05, 4.69) is 17.6 Å². The summed E-state index contributed by atoms with van der Waals surface area (Å²) in [6.45, 7) is 3.79. The number of benzene rings is 2. The Labute approximate surface area is 166 Å². The Hall–Kier alpha value is -2.66. The van der Waals surface area contributed by atoms with Crippen LogP contribution in [0.25, 0.3) is 0 Å². The summed E-state index contributed by atoms with van der Waals surface area (Å²) in [5, 5.41) is 5.96. The third-order valence-electron chi connectivity index (χ3n) is 5.34. The molecule has 2 amide bonds. The molecule has 2 aromatic rings. The van der Waals surface area contributed by atoms with E-state index in [1.807, 2.05) is 42.5 Å². The van der Waals surface area contributed by atoms with Crippen LogP contribution < -0.4 is 10.6 Å². The number of amides is 2. The molecule has 0 unspecified atom stereocenters. The van der Waals surface area contributed by atoms with Gasteiger partial charge < -0.3 is 15.4 Å². The number of para-hydroxylation sites is 1. The number of nitrogens with one attached hydrogen (secondary N) is 2. The lowest BCUT2D eigenvalue weighted by molar-refractivity contribution is -0.125. The summed E-state index contributed by atoms with van der Waals surface area (Å²) in [5.41, 5.74) is 1.37. The number of carbonyl (C=O) groups is 2. The van der Waals surface area contributed by atoms with Crippen molar-refractivity contribution in [2.24, 2.45) is 0 Å². The molecule has 0 aliphatic carbocycles. The molecule has 5 heteroatoms. The molecule has 3 rings (SSSR count). The van der Waals surface area contributed by atoms with Crippen molar-refractivity contribution in [2.45, 2.75) is 38.0 Å². The fourth-order valence-electron chi connectivity index (χ4n) is 3.63. The normalized spacial score (nSPS) is 15.6. The zero-order valence-electron chi connectivity index (χ0n) is 16.4. The third-order valence-corrected chi connectivity index (χ3v) is 5.34. The van der Waals surface area contributed by atoms with Crippen molar-refractivity contribution in [3.05, 3.63) is 65.7 Å². The number of hydrogen-bond donors (Lipinski definition) is 2. The second kappa shape index (κ2) is 9.51. The predicted octanol–water partition coefficient (Wildman–Crippen LogP) is 3.90. The number of ether oxygens (including phenoxy) is 1. The largest absolute Gasteiger partial charge is 0.381 e. The third kappa shape index (κ3) is 4.42. The molecule has 1 saturated heterocycles. The molecule has 1 fully saturated rings. The van der Waals surface area contributed by atoms with Gasteiger partial charge in [0, 0.05) is 19.8 Å². The molecule has 1 aliphatic rings. The minimum Gasteiger partial charge on any atom is -0.381 e. The van der Waals surface area contributed by atoms with Gasteiger partial charge in [0.2, 0.25) is 5.91 Å². The highest BCUT2D eigenvalue weighted by Gasteiger charge is 2.41. The van der Waals surface area contributed by atoms with Crippen LogP contribution in [0.15, 0.2) is 54.6 Å². The maximum absolute atomic E-state index is 13.4. The summed E-state index contributed by atoms with van der Waals surface area (Å²) in [4.78, 5) is 26.0. The number of rotatable bonds is 7. The molecule has 148 valence electrons. The Bertz CT molecular complexity index is 799. The van der Waals surface area contributed by atoms with E-state index in [0.717, 1.165) is 18.4 Å². The van der Waals surface area contributed by atoms with Crippen molar-refractivity contribution in [3.8, 4) is 0 Å². The topological polar surface area (TPSA) is 67.4 Å². The predicted molar refractivity (Wildman–Crippen MR) is 110 cm³/mol. The van der Waals surface area contributed by atoms with Gasteiger partial charge in [-0.15, -0.1) is 0 Å². The lowest BCUT2D eigenvalue weighted by Gasteiger charge is -2.36. The molecule has 0 radical (unpaired) electrons. The van der Waals surface area contributed by atoms with Gasteiger partial charge in [0.1, 0.15) is 0 Å². The first-order chi connectivity index (χ1) is 13.7. The molecule has 0 aromatic heterocycles. The van der Waals surface area contributed by atoms with E-state index in [9.17, 15) is 9.59 Å². The van der Waals surface area contributed by atoms with Crippen LogP contribution in [-0.2, 0) is 14.9 Å². The van der Waals surface area contributed by atoms with E-state index < -0.39 is 5.41 Å². The van der Waals surface area contributed by atoms with Gasteiger partial charge in [-0.05, 0) is 37.0 Å². The van der Waals surface area contributed by atoms with E-state index in [4.69, 9.17) is 4.74 Å². The minimum absolute atomic E-state index is 0.0872. The van der Waals surface area contributed by atoms with Crippen LogP contribution in [0.5, 0.6) is 0 Å². The Morgan fingerprint density at radius 1 is 1.00 bits per heavy atom. The lowest BCUT2D eigenvalue weighted by Crippen LogP contribution is -2.45. The Kier molecular flexibility index (Phi) is 6.82. The SMILES string of the molecule is CCCCNC(=O)c1ccccc1NC(=O)C1(c2ccccc2)CCOCC1. The van der Waals surface area contributed by atoms with Gasteiger partial charge in [-0.2, -0.15) is 0 Å². The van der Waals surface area contributed by atoms with Gasteiger partial charge in [-0.3, -0.25) is 9.59 Å². The highest BCUT2D eigenvalue weighted by atomic mass is 16.5. The molecule has 1 aliphatic heterocycles. The molecular weight excluding hydrogens is 352 g/mol. The van der Waals surface area contributed by atoms with Gasteiger partial charge in [0.05, 0.1) is 16.7 Å². The van der Waals surface area contributed by atoms with Crippen LogP contribution in [0.3, 0.4) is 0 Å². The van der Waals surface area contributed by atoms with E-state index >= 15 is 0 Å². The van der Waals surface area contributed by atoms with E-state index in [1.165, 1.54) is 0 Å². The first-order valence-electron chi connectivity index (χ1n) is 9.99. The standard InChI is InChI=1S/C23H28N2O3/c1-2-3-15-24-21(26)19-11-7-8-12-20(19)25-22(27)23(13-16-28-17-14-23)18-9-5-4-6-10-18/h4-12H,2-3,13-17H2,1H3,(H,24,26)(H,25,27). The molecule has 0 bridgehead atoms. The maximum atomic E-state index is 13.4. The highest BCUT2D eigenvalue weighted by Crippen LogP contribution is 2.36. The number of carbonyl (C=O) groups excluding carboxylic acids is 2. The molecule has 28 heavy (non-hydrogen) atoms. The van der Waals surface area contributed by atoms with Crippen molar-refractivity contribution in [1.29, 1.82) is 0 Å². The fourth-order valence-corrected chi connectivity index (χ4v) is 3.63. The molecule has 0 spiro atoms. The number of anilines is 1. The Morgan fingerprint density at radius 3 is 2.39 bits per heavy atom. The van der Waals surface area contributed by atoms with Gasteiger partial charge in [0.25, 0.3) is 5.91 Å². The first-order valence-corrected chi connectivity index (χ1v) is 9.99. The molecule has 2 aromatic carbocycles. The van der Waals surface area contributed by atoms with Gasteiger partial charge >= 0.3 is 0 Å². The minimum atomic E-state index is -0.648. The monoisotopic (exact) mass is 380 g/mol. The van der Waals surface area contributed by atoms with Crippen molar-refractivity contribution >= 4 is 17.5 Å². The summed E-state index contributed by atoms with van der Waals surface area (Å²) in [5.74, 6) is -0.249. The number of hydrogen-bond acceptors (Lipinski definition) is 3. The van der Waals surface area contributed by atoms with E-state index in [-0.39, 0.29) is 11.8 Å². The Morgan fingerprint density at radius 2 is 1.68 bits per heavy atom. The molecule has 1 heterocycles. The van der Waals surface area contributed by atoms with Crippen molar-refractivity contribution in [3.63, 3.8) is 0 Å². The summed E-state index contributed by atoms with van der Waals surface area (Å²) >= 11 is 0. The summed E-state index contributed by atoms with van der Waals surface area (Å²) in [7, 11) is 0. The highest BCUT2D eigenvalue weighted by molar-refractivity contribution is 6.06. The van der Waals surface area contributed by atoms with Gasteiger partial charge in [-0.1, -0.05) is 55.8 Å². The van der Waals surface area contributed by atoms with Crippen LogP contribution in [0.1, 0.15) is 48.5 Å². The van der Waals surface area contributed by atoms with Crippen LogP contribution >= 0.6 is 0 Å². The van der Waals surface area contributed by atoms with Crippen molar-refractivity contribution < 1.29 is 14.3 Å². The van der Waals surface area contributed by atoms with Gasteiger partial charge in [0.15, 0.2) is 0 Å². The van der Waals surface area contributed by atoms with E-state index in [0.29, 0.717) is 43.9 Å². The second-order valence-electron chi connectivity index (χ2n) is 7.17. The van der Waals surface area contributed by atoms with Crippen LogP contribution in [0.4, 0.5) is 5.69 Å². The van der Waals surface area contributed by atoms with Crippen LogP contribution in [0, 0.1) is 0 Å². The molecule has 5 nitrogen and oxygen atoms in total. The molecule has 2 N–H and O–H groups in total. The van der Waals surface area contributed by atoms with Crippen molar-refractivity contribution in [1.82, 2.24) is 5.32 Å².